The van der Waals surface area contributed by atoms with Gasteiger partial charge >= 0.3 is 0 Å². The first-order valence-electron chi connectivity index (χ1n) is 9.53. The summed E-state index contributed by atoms with van der Waals surface area (Å²) in [5.74, 6) is 1.04. The van der Waals surface area contributed by atoms with Gasteiger partial charge in [-0.05, 0) is 76.0 Å². The second-order valence-electron chi connectivity index (χ2n) is 7.32. The zero-order valence-electron chi connectivity index (χ0n) is 16.3. The van der Waals surface area contributed by atoms with E-state index >= 15 is 0 Å². The molecule has 5 nitrogen and oxygen atoms in total. The number of nitrogens with zero attached hydrogens (tertiary/aromatic N) is 2. The van der Waals surface area contributed by atoms with Gasteiger partial charge in [0, 0.05) is 29.5 Å². The Labute approximate surface area is 178 Å². The molecule has 2 heterocycles. The fourth-order valence-electron chi connectivity index (χ4n) is 3.41. The van der Waals surface area contributed by atoms with Crippen molar-refractivity contribution in [1.82, 2.24) is 9.88 Å². The average Bonchev–Trinajstić information content (AvgIpc) is 2.67. The van der Waals surface area contributed by atoms with Crippen molar-refractivity contribution in [3.05, 3.63) is 53.2 Å². The summed E-state index contributed by atoms with van der Waals surface area (Å²) in [6.07, 6.45) is 4.05. The van der Waals surface area contributed by atoms with E-state index in [1.165, 1.54) is 12.8 Å². The van der Waals surface area contributed by atoms with Crippen LogP contribution in [0.15, 0.2) is 42.6 Å². The van der Waals surface area contributed by atoms with Crippen LogP contribution >= 0.6 is 24.0 Å². The van der Waals surface area contributed by atoms with Gasteiger partial charge in [0.1, 0.15) is 5.82 Å². The monoisotopic (exact) mass is 422 g/mol. The highest BCUT2D eigenvalue weighted by atomic mass is 35.5. The van der Waals surface area contributed by atoms with Gasteiger partial charge in [-0.3, -0.25) is 4.79 Å². The maximum absolute atomic E-state index is 12.7. The van der Waals surface area contributed by atoms with Gasteiger partial charge in [0.15, 0.2) is 0 Å². The van der Waals surface area contributed by atoms with Gasteiger partial charge in [-0.2, -0.15) is 0 Å². The van der Waals surface area contributed by atoms with Crippen molar-refractivity contribution >= 4 is 41.4 Å². The van der Waals surface area contributed by atoms with Crippen LogP contribution in [0.25, 0.3) is 0 Å². The highest BCUT2D eigenvalue weighted by Crippen LogP contribution is 2.21. The zero-order chi connectivity index (χ0) is 19.2. The van der Waals surface area contributed by atoms with Crippen molar-refractivity contribution < 1.29 is 4.79 Å². The molecule has 28 heavy (non-hydrogen) atoms. The molecule has 1 aromatic carbocycles. The fraction of sp³-hybridized carbons (Fsp3) is 0.429. The number of benzene rings is 1. The Morgan fingerprint density at radius 1 is 1.25 bits per heavy atom. The van der Waals surface area contributed by atoms with Crippen molar-refractivity contribution in [2.24, 2.45) is 5.92 Å². The number of halogens is 2. The van der Waals surface area contributed by atoms with E-state index in [9.17, 15) is 4.79 Å². The second-order valence-corrected chi connectivity index (χ2v) is 7.75. The van der Waals surface area contributed by atoms with Crippen LogP contribution < -0.4 is 10.6 Å². The molecule has 1 aromatic heterocycles. The summed E-state index contributed by atoms with van der Waals surface area (Å²) < 4.78 is 0. The average molecular weight is 423 g/mol. The lowest BCUT2D eigenvalue weighted by Gasteiger charge is -2.34. The number of rotatable bonds is 6. The third-order valence-corrected chi connectivity index (χ3v) is 5.31. The van der Waals surface area contributed by atoms with E-state index in [1.54, 1.807) is 30.5 Å². The Morgan fingerprint density at radius 2 is 2.00 bits per heavy atom. The Hall–Kier alpha value is -1.82. The number of aromatic nitrogens is 1. The van der Waals surface area contributed by atoms with Crippen LogP contribution in [0.3, 0.4) is 0 Å². The van der Waals surface area contributed by atoms with Crippen molar-refractivity contribution in [1.29, 1.82) is 0 Å². The van der Waals surface area contributed by atoms with E-state index in [1.807, 2.05) is 12.1 Å². The molecule has 2 N–H and O–H groups in total. The number of likely N-dealkylation sites (tertiary alicyclic amines) is 1. The largest absolute Gasteiger partial charge is 0.369 e. The number of nitrogens with one attached hydrogen (secondary N) is 2. The topological polar surface area (TPSA) is 57.3 Å². The number of carbonyl (C=O) groups excluding carboxylic acids is 1. The minimum Gasteiger partial charge on any atom is -0.369 e. The molecule has 0 spiro atoms. The summed E-state index contributed by atoms with van der Waals surface area (Å²) in [5.41, 5.74) is 1.21. The first kappa shape index (κ1) is 22.5. The van der Waals surface area contributed by atoms with Crippen LogP contribution in [0.1, 0.15) is 37.0 Å². The Morgan fingerprint density at radius 3 is 2.68 bits per heavy atom. The second kappa shape index (κ2) is 10.6. The van der Waals surface area contributed by atoms with Crippen LogP contribution in [0.2, 0.25) is 5.02 Å². The van der Waals surface area contributed by atoms with Crippen LogP contribution in [0.4, 0.5) is 11.5 Å². The van der Waals surface area contributed by atoms with E-state index in [0.717, 1.165) is 19.6 Å². The molecule has 0 bridgehead atoms. The van der Waals surface area contributed by atoms with E-state index in [2.05, 4.69) is 34.4 Å². The van der Waals surface area contributed by atoms with Crippen molar-refractivity contribution in [3.8, 4) is 0 Å². The lowest BCUT2D eigenvalue weighted by molar-refractivity contribution is 0.102. The molecule has 7 heteroatoms. The summed E-state index contributed by atoms with van der Waals surface area (Å²) in [5, 5.41) is 6.86. The van der Waals surface area contributed by atoms with Crippen molar-refractivity contribution in [2.45, 2.75) is 32.7 Å². The Kier molecular flexibility index (Phi) is 8.55. The van der Waals surface area contributed by atoms with Gasteiger partial charge in [-0.25, -0.2) is 4.98 Å². The van der Waals surface area contributed by atoms with E-state index in [4.69, 9.17) is 11.6 Å². The van der Waals surface area contributed by atoms with Gasteiger partial charge in [-0.1, -0.05) is 17.7 Å². The minimum absolute atomic E-state index is 0. The van der Waals surface area contributed by atoms with Crippen LogP contribution in [0, 0.1) is 5.92 Å². The number of piperidine rings is 1. The molecular weight excluding hydrogens is 395 g/mol. The summed E-state index contributed by atoms with van der Waals surface area (Å²) >= 11 is 5.99. The molecule has 1 fully saturated rings. The normalized spacial score (nSPS) is 15.1. The van der Waals surface area contributed by atoms with Gasteiger partial charge in [0.25, 0.3) is 5.91 Å². The predicted molar refractivity (Wildman–Crippen MR) is 119 cm³/mol. The number of amides is 1. The Balaban J connectivity index is 0.00000280. The lowest BCUT2D eigenvalue weighted by atomic mass is 9.96. The number of hydrogen-bond acceptors (Lipinski definition) is 4. The molecule has 1 saturated heterocycles. The van der Waals surface area contributed by atoms with Gasteiger partial charge < -0.3 is 15.5 Å². The molecule has 0 atom stereocenters. The summed E-state index contributed by atoms with van der Waals surface area (Å²) in [4.78, 5) is 19.6. The molecule has 1 aliphatic heterocycles. The van der Waals surface area contributed by atoms with Gasteiger partial charge in [0.05, 0.1) is 5.56 Å². The zero-order valence-corrected chi connectivity index (χ0v) is 17.9. The highest BCUT2D eigenvalue weighted by molar-refractivity contribution is 6.31. The molecule has 1 amide bonds. The number of pyridine rings is 1. The standard InChI is InChI=1S/C21H27ClN4O.ClH/c1-15(2)26-11-8-16(9-12-26)14-24-20-19(7-4-10-23-20)21(27)25-18-6-3-5-17(22)13-18;/h3-7,10,13,15-16H,8-9,11-12,14H2,1-2H3,(H,23,24)(H,25,27);1H. The molecule has 0 radical (unpaired) electrons. The van der Waals surface area contributed by atoms with Crippen molar-refractivity contribution in [2.75, 3.05) is 30.3 Å². The summed E-state index contributed by atoms with van der Waals surface area (Å²) in [7, 11) is 0. The smallest absolute Gasteiger partial charge is 0.259 e. The first-order chi connectivity index (χ1) is 13.0. The number of hydrogen-bond donors (Lipinski definition) is 2. The van der Waals surface area contributed by atoms with Gasteiger partial charge in [-0.15, -0.1) is 12.4 Å². The maximum Gasteiger partial charge on any atom is 0.259 e. The van der Waals surface area contributed by atoms with Crippen LogP contribution in [-0.4, -0.2) is 41.5 Å². The van der Waals surface area contributed by atoms with Gasteiger partial charge in [0.2, 0.25) is 0 Å². The van der Waals surface area contributed by atoms with E-state index < -0.39 is 0 Å². The predicted octanol–water partition coefficient (Wildman–Crippen LogP) is 4.94. The minimum atomic E-state index is -0.192. The van der Waals surface area contributed by atoms with Crippen LogP contribution in [-0.2, 0) is 0 Å². The first-order valence-corrected chi connectivity index (χ1v) is 9.90. The molecule has 152 valence electrons. The molecule has 0 aliphatic carbocycles. The molecule has 0 saturated carbocycles. The maximum atomic E-state index is 12.7. The molecule has 3 rings (SSSR count). The molecular formula is C21H28Cl2N4O. The van der Waals surface area contributed by atoms with Crippen molar-refractivity contribution in [3.63, 3.8) is 0 Å². The summed E-state index contributed by atoms with van der Waals surface area (Å²) in [6, 6.07) is 11.3. The Bertz CT molecular complexity index is 777. The summed E-state index contributed by atoms with van der Waals surface area (Å²) in [6.45, 7) is 7.59. The third-order valence-electron chi connectivity index (χ3n) is 5.07. The number of anilines is 2. The van der Waals surface area contributed by atoms with E-state index in [0.29, 0.717) is 34.1 Å². The number of carbonyl (C=O) groups is 1. The SMILES string of the molecule is CC(C)N1CCC(CNc2ncccc2C(=O)Nc2cccc(Cl)c2)CC1.Cl. The fourth-order valence-corrected chi connectivity index (χ4v) is 3.60. The highest BCUT2D eigenvalue weighted by Gasteiger charge is 2.21. The van der Waals surface area contributed by atoms with E-state index in [-0.39, 0.29) is 18.3 Å². The lowest BCUT2D eigenvalue weighted by Crippen LogP contribution is -2.40. The molecule has 0 unspecified atom stereocenters. The molecule has 2 aromatic rings. The quantitative estimate of drug-likeness (QED) is 0.691. The van der Waals surface area contributed by atoms with Crippen LogP contribution in [0.5, 0.6) is 0 Å². The molecule has 1 aliphatic rings. The third kappa shape index (κ3) is 6.09.